The molecule has 4 rings (SSSR count). The number of benzene rings is 2. The third-order valence-corrected chi connectivity index (χ3v) is 7.12. The Morgan fingerprint density at radius 2 is 1.60 bits per heavy atom. The molecule has 1 aliphatic heterocycles. The predicted octanol–water partition coefficient (Wildman–Crippen LogP) is 2.21. The summed E-state index contributed by atoms with van der Waals surface area (Å²) in [6.07, 6.45) is -0.723. The van der Waals surface area contributed by atoms with Gasteiger partial charge in [0.1, 0.15) is 13.2 Å². The van der Waals surface area contributed by atoms with Gasteiger partial charge >= 0.3 is 12.1 Å². The van der Waals surface area contributed by atoms with Gasteiger partial charge in [0.25, 0.3) is 0 Å². The van der Waals surface area contributed by atoms with Crippen LogP contribution in [0.1, 0.15) is 30.9 Å². The van der Waals surface area contributed by atoms with Crippen molar-refractivity contribution in [1.29, 1.82) is 0 Å². The number of carbonyl (C=O) groups is 4. The first-order valence-corrected chi connectivity index (χ1v) is 11.6. The van der Waals surface area contributed by atoms with Crippen molar-refractivity contribution in [3.8, 4) is 11.1 Å². The van der Waals surface area contributed by atoms with Crippen molar-refractivity contribution in [2.24, 2.45) is 11.3 Å². The molecule has 9 heteroatoms. The molecule has 0 bridgehead atoms. The number of nitrogens with one attached hydrogen (secondary N) is 2. The molecule has 2 unspecified atom stereocenters. The summed E-state index contributed by atoms with van der Waals surface area (Å²) in [7, 11) is 0. The largest absolute Gasteiger partial charge is 0.481 e. The lowest BCUT2D eigenvalue weighted by molar-refractivity contribution is -0.149. The van der Waals surface area contributed by atoms with Crippen LogP contribution in [0.3, 0.4) is 0 Å². The Balaban J connectivity index is 1.22. The zero-order valence-electron chi connectivity index (χ0n) is 19.7. The van der Waals surface area contributed by atoms with Gasteiger partial charge in [-0.2, -0.15) is 0 Å². The number of fused-ring (bicyclic) bond motifs is 3. The Kier molecular flexibility index (Phi) is 6.77. The SMILES string of the molecule is CC1CN(C(=O)CNC(=O)CNC(=O)OCC2c3ccccc3-c3ccccc32)CC1(C)C(=O)O. The second-order valence-corrected chi connectivity index (χ2v) is 9.35. The molecule has 1 aliphatic carbocycles. The van der Waals surface area contributed by atoms with E-state index in [0.29, 0.717) is 6.54 Å². The lowest BCUT2D eigenvalue weighted by Crippen LogP contribution is -2.44. The van der Waals surface area contributed by atoms with Crippen molar-refractivity contribution < 1.29 is 29.0 Å². The van der Waals surface area contributed by atoms with Crippen LogP contribution in [-0.4, -0.2) is 66.7 Å². The first kappa shape index (κ1) is 24.3. The molecule has 1 heterocycles. The number of carbonyl (C=O) groups excluding carboxylic acids is 3. The number of likely N-dealkylation sites (tertiary alicyclic amines) is 1. The molecule has 2 aliphatic rings. The molecule has 0 saturated carbocycles. The second kappa shape index (κ2) is 9.77. The third-order valence-electron chi connectivity index (χ3n) is 7.12. The van der Waals surface area contributed by atoms with E-state index in [1.54, 1.807) is 13.8 Å². The number of rotatable bonds is 7. The van der Waals surface area contributed by atoms with Crippen molar-refractivity contribution >= 4 is 23.9 Å². The Morgan fingerprint density at radius 1 is 1.00 bits per heavy atom. The number of aliphatic carboxylic acids is 1. The Morgan fingerprint density at radius 3 is 2.17 bits per heavy atom. The summed E-state index contributed by atoms with van der Waals surface area (Å²) < 4.78 is 5.39. The van der Waals surface area contributed by atoms with Crippen LogP contribution in [0.4, 0.5) is 4.79 Å². The van der Waals surface area contributed by atoms with E-state index in [0.717, 1.165) is 22.3 Å². The van der Waals surface area contributed by atoms with E-state index in [1.807, 2.05) is 48.5 Å². The minimum Gasteiger partial charge on any atom is -0.481 e. The average molecular weight is 480 g/mol. The van der Waals surface area contributed by atoms with E-state index in [4.69, 9.17) is 4.74 Å². The number of carboxylic acids is 1. The van der Waals surface area contributed by atoms with Gasteiger partial charge in [0.2, 0.25) is 11.8 Å². The standard InChI is InChI=1S/C26H29N3O6/c1-16-13-29(15-26(16,2)24(32)33)23(31)12-27-22(30)11-28-25(34)35-14-21-19-9-5-3-7-17(19)18-8-4-6-10-20(18)21/h3-10,16,21H,11-15H2,1-2H3,(H,27,30)(H,28,34)(H,32,33). The quantitative estimate of drug-likeness (QED) is 0.559. The summed E-state index contributed by atoms with van der Waals surface area (Å²) in [5.74, 6) is -2.14. The summed E-state index contributed by atoms with van der Waals surface area (Å²) in [4.78, 5) is 49.7. The predicted molar refractivity (Wildman–Crippen MR) is 128 cm³/mol. The van der Waals surface area contributed by atoms with Crippen LogP contribution in [0.25, 0.3) is 11.1 Å². The highest BCUT2D eigenvalue weighted by Gasteiger charge is 2.47. The van der Waals surface area contributed by atoms with E-state index in [1.165, 1.54) is 4.90 Å². The van der Waals surface area contributed by atoms with Crippen LogP contribution < -0.4 is 10.6 Å². The first-order valence-electron chi connectivity index (χ1n) is 11.6. The van der Waals surface area contributed by atoms with E-state index in [9.17, 15) is 24.3 Å². The molecule has 0 aromatic heterocycles. The Bertz CT molecular complexity index is 1120. The number of carboxylic acid groups (broad SMARTS) is 1. The lowest BCUT2D eigenvalue weighted by atomic mass is 9.81. The maximum absolute atomic E-state index is 12.4. The molecule has 3 N–H and O–H groups in total. The molecular weight excluding hydrogens is 450 g/mol. The minimum absolute atomic E-state index is 0.0843. The molecule has 0 spiro atoms. The van der Waals surface area contributed by atoms with Gasteiger partial charge in [-0.15, -0.1) is 0 Å². The van der Waals surface area contributed by atoms with Gasteiger partial charge < -0.3 is 25.4 Å². The van der Waals surface area contributed by atoms with E-state index in [2.05, 4.69) is 10.6 Å². The summed E-state index contributed by atoms with van der Waals surface area (Å²) in [6.45, 7) is 3.34. The molecular formula is C26H29N3O6. The molecule has 35 heavy (non-hydrogen) atoms. The summed E-state index contributed by atoms with van der Waals surface area (Å²) in [6, 6.07) is 16.0. The topological polar surface area (TPSA) is 125 Å². The maximum Gasteiger partial charge on any atom is 0.407 e. The fraction of sp³-hybridized carbons (Fsp3) is 0.385. The number of ether oxygens (including phenoxy) is 1. The van der Waals surface area contributed by atoms with Crippen molar-refractivity contribution in [3.63, 3.8) is 0 Å². The van der Waals surface area contributed by atoms with Gasteiger partial charge in [0, 0.05) is 19.0 Å². The number of nitrogens with zero attached hydrogens (tertiary/aromatic N) is 1. The van der Waals surface area contributed by atoms with Crippen molar-refractivity contribution in [2.75, 3.05) is 32.8 Å². The Labute approximate surface area is 203 Å². The first-order chi connectivity index (χ1) is 16.7. The molecule has 2 aromatic carbocycles. The van der Waals surface area contributed by atoms with E-state index in [-0.39, 0.29) is 44.0 Å². The molecule has 2 aromatic rings. The van der Waals surface area contributed by atoms with Crippen LogP contribution >= 0.6 is 0 Å². The highest BCUT2D eigenvalue weighted by Crippen LogP contribution is 2.44. The fourth-order valence-electron chi connectivity index (χ4n) is 4.77. The summed E-state index contributed by atoms with van der Waals surface area (Å²) >= 11 is 0. The third kappa shape index (κ3) is 4.84. The monoisotopic (exact) mass is 479 g/mol. The highest BCUT2D eigenvalue weighted by atomic mass is 16.5. The van der Waals surface area contributed by atoms with Crippen LogP contribution in [0.15, 0.2) is 48.5 Å². The van der Waals surface area contributed by atoms with Gasteiger partial charge in [0.05, 0.1) is 12.0 Å². The van der Waals surface area contributed by atoms with Gasteiger partial charge in [-0.3, -0.25) is 14.4 Å². The Hall–Kier alpha value is -3.88. The number of hydrogen-bond donors (Lipinski definition) is 3. The number of hydrogen-bond acceptors (Lipinski definition) is 5. The molecule has 2 atom stereocenters. The van der Waals surface area contributed by atoms with Crippen LogP contribution in [0.5, 0.6) is 0 Å². The van der Waals surface area contributed by atoms with Crippen LogP contribution in [0.2, 0.25) is 0 Å². The van der Waals surface area contributed by atoms with Crippen LogP contribution in [-0.2, 0) is 19.1 Å². The van der Waals surface area contributed by atoms with E-state index >= 15 is 0 Å². The maximum atomic E-state index is 12.4. The van der Waals surface area contributed by atoms with Crippen molar-refractivity contribution in [1.82, 2.24) is 15.5 Å². The average Bonchev–Trinajstić information content (AvgIpc) is 3.34. The van der Waals surface area contributed by atoms with E-state index < -0.39 is 23.4 Å². The van der Waals surface area contributed by atoms with Gasteiger partial charge in [-0.1, -0.05) is 55.5 Å². The normalized spacial score (nSPS) is 20.6. The number of amides is 3. The summed E-state index contributed by atoms with van der Waals surface area (Å²) in [5.41, 5.74) is 3.42. The molecule has 3 amide bonds. The second-order valence-electron chi connectivity index (χ2n) is 9.35. The molecule has 1 fully saturated rings. The number of alkyl carbamates (subject to hydrolysis) is 1. The fourth-order valence-corrected chi connectivity index (χ4v) is 4.77. The van der Waals surface area contributed by atoms with Crippen molar-refractivity contribution in [3.05, 3.63) is 59.7 Å². The smallest absolute Gasteiger partial charge is 0.407 e. The molecule has 1 saturated heterocycles. The zero-order chi connectivity index (χ0) is 25.2. The van der Waals surface area contributed by atoms with Crippen molar-refractivity contribution in [2.45, 2.75) is 19.8 Å². The summed E-state index contributed by atoms with van der Waals surface area (Å²) in [5, 5.41) is 14.3. The van der Waals surface area contributed by atoms with Crippen LogP contribution in [0, 0.1) is 11.3 Å². The van der Waals surface area contributed by atoms with Gasteiger partial charge in [-0.25, -0.2) is 4.79 Å². The highest BCUT2D eigenvalue weighted by molar-refractivity contribution is 5.88. The van der Waals surface area contributed by atoms with Gasteiger partial charge in [-0.05, 0) is 35.1 Å². The molecule has 184 valence electrons. The lowest BCUT2D eigenvalue weighted by Gasteiger charge is -2.22. The molecule has 9 nitrogen and oxygen atoms in total. The van der Waals surface area contributed by atoms with Gasteiger partial charge in [0.15, 0.2) is 0 Å². The zero-order valence-corrected chi connectivity index (χ0v) is 19.7. The minimum atomic E-state index is -1.01. The molecule has 0 radical (unpaired) electrons.